The van der Waals surface area contributed by atoms with Crippen molar-refractivity contribution in [1.29, 1.82) is 0 Å². The number of benzene rings is 2. The van der Waals surface area contributed by atoms with E-state index in [1.807, 2.05) is 12.1 Å². The molecule has 1 aliphatic rings. The molecule has 0 unspecified atom stereocenters. The molecule has 1 saturated heterocycles. The number of rotatable bonds is 4. The van der Waals surface area contributed by atoms with Crippen molar-refractivity contribution in [2.45, 2.75) is 4.90 Å². The summed E-state index contributed by atoms with van der Waals surface area (Å²) in [5.41, 5.74) is 0.964. The second-order valence-corrected chi connectivity index (χ2v) is 10.0. The van der Waals surface area contributed by atoms with E-state index in [9.17, 15) is 8.42 Å². The zero-order valence-corrected chi connectivity index (χ0v) is 17.8. The number of halogens is 1. The molecule has 0 atom stereocenters. The highest BCUT2D eigenvalue weighted by molar-refractivity contribution is 9.10. The summed E-state index contributed by atoms with van der Waals surface area (Å²) in [6.45, 7) is 2.12. The molecule has 0 radical (unpaired) electrons. The highest BCUT2D eigenvalue weighted by Crippen LogP contribution is 2.32. The summed E-state index contributed by atoms with van der Waals surface area (Å²) in [4.78, 5) is 7.13. The molecule has 4 rings (SSSR count). The van der Waals surface area contributed by atoms with Crippen LogP contribution >= 0.6 is 27.3 Å². The van der Waals surface area contributed by atoms with Crippen molar-refractivity contribution in [2.75, 3.05) is 38.2 Å². The fourth-order valence-corrected chi connectivity index (χ4v) is 6.03. The van der Waals surface area contributed by atoms with E-state index in [4.69, 9.17) is 4.74 Å². The Kier molecular flexibility index (Phi) is 5.11. The number of ether oxygens (including phenoxy) is 1. The fraction of sp³-hybridized carbons (Fsp3) is 0.278. The Morgan fingerprint density at radius 1 is 1.07 bits per heavy atom. The number of fused-ring (bicyclic) bond motifs is 1. The lowest BCUT2D eigenvalue weighted by Gasteiger charge is -2.33. The highest BCUT2D eigenvalue weighted by atomic mass is 79.9. The third kappa shape index (κ3) is 3.69. The topological polar surface area (TPSA) is 62.7 Å². The first-order valence-corrected chi connectivity index (χ1v) is 11.5. The van der Waals surface area contributed by atoms with E-state index in [0.29, 0.717) is 36.8 Å². The van der Waals surface area contributed by atoms with E-state index in [2.05, 4.69) is 31.9 Å². The van der Waals surface area contributed by atoms with Gasteiger partial charge in [0.05, 0.1) is 22.2 Å². The van der Waals surface area contributed by atoms with Gasteiger partial charge < -0.3 is 9.64 Å². The maximum Gasteiger partial charge on any atom is 0.243 e. The second-order valence-electron chi connectivity index (χ2n) is 6.18. The van der Waals surface area contributed by atoms with Crippen molar-refractivity contribution < 1.29 is 13.2 Å². The molecule has 0 bridgehead atoms. The predicted molar refractivity (Wildman–Crippen MR) is 111 cm³/mol. The van der Waals surface area contributed by atoms with Crippen LogP contribution in [0.1, 0.15) is 0 Å². The molecule has 0 saturated carbocycles. The first kappa shape index (κ1) is 18.7. The maximum atomic E-state index is 12.9. The Hall–Kier alpha value is -1.68. The molecule has 6 nitrogen and oxygen atoms in total. The van der Waals surface area contributed by atoms with Crippen molar-refractivity contribution in [3.63, 3.8) is 0 Å². The summed E-state index contributed by atoms with van der Waals surface area (Å²) in [7, 11) is -1.94. The van der Waals surface area contributed by atoms with Gasteiger partial charge in [0, 0.05) is 30.7 Å². The first-order valence-electron chi connectivity index (χ1n) is 8.42. The lowest BCUT2D eigenvalue weighted by atomic mass is 10.3. The third-order valence-electron chi connectivity index (χ3n) is 4.55. The summed E-state index contributed by atoms with van der Waals surface area (Å²) in [6.07, 6.45) is 0. The molecule has 1 aliphatic heterocycles. The zero-order valence-electron chi connectivity index (χ0n) is 14.6. The maximum absolute atomic E-state index is 12.9. The molecule has 0 amide bonds. The van der Waals surface area contributed by atoms with Crippen molar-refractivity contribution >= 4 is 52.6 Å². The molecule has 0 N–H and O–H groups in total. The van der Waals surface area contributed by atoms with E-state index < -0.39 is 10.0 Å². The smallest absolute Gasteiger partial charge is 0.243 e. The van der Waals surface area contributed by atoms with Gasteiger partial charge in [0.1, 0.15) is 5.75 Å². The molecular weight excluding hydrogens is 450 g/mol. The minimum absolute atomic E-state index is 0.293. The average molecular weight is 468 g/mol. The second kappa shape index (κ2) is 7.38. The summed E-state index contributed by atoms with van der Waals surface area (Å²) < 4.78 is 34.5. The molecular formula is C18H18BrN3O3S2. The van der Waals surface area contributed by atoms with Crippen LogP contribution in [0.15, 0.2) is 51.8 Å². The SMILES string of the molecule is COc1ccc(S(=O)(=O)N2CCN(c3nc4ccc(Br)cc4s3)CC2)cc1. The van der Waals surface area contributed by atoms with E-state index in [1.54, 1.807) is 42.7 Å². The number of hydrogen-bond acceptors (Lipinski definition) is 6. The van der Waals surface area contributed by atoms with Crippen molar-refractivity contribution in [2.24, 2.45) is 0 Å². The normalized spacial score (nSPS) is 16.0. The van der Waals surface area contributed by atoms with E-state index in [0.717, 1.165) is 19.8 Å². The van der Waals surface area contributed by atoms with E-state index in [-0.39, 0.29) is 0 Å². The number of anilines is 1. The number of thiazole rings is 1. The standard InChI is InChI=1S/C18H18BrN3O3S2/c1-25-14-3-5-15(6-4-14)27(23,24)22-10-8-21(9-11-22)18-20-16-7-2-13(19)12-17(16)26-18/h2-7,12H,8-11H2,1H3. The van der Waals surface area contributed by atoms with Crippen molar-refractivity contribution in [3.8, 4) is 5.75 Å². The van der Waals surface area contributed by atoms with Crippen LogP contribution in [0.2, 0.25) is 0 Å². The molecule has 1 aromatic heterocycles. The monoisotopic (exact) mass is 467 g/mol. The average Bonchev–Trinajstić information content (AvgIpc) is 3.11. The Balaban J connectivity index is 1.48. The Morgan fingerprint density at radius 3 is 2.44 bits per heavy atom. The lowest BCUT2D eigenvalue weighted by Crippen LogP contribution is -2.48. The molecule has 27 heavy (non-hydrogen) atoms. The summed E-state index contributed by atoms with van der Waals surface area (Å²) in [6, 6.07) is 12.5. The molecule has 142 valence electrons. The number of nitrogens with zero attached hydrogens (tertiary/aromatic N) is 3. The third-order valence-corrected chi connectivity index (χ3v) is 8.03. The molecule has 2 aromatic carbocycles. The van der Waals surface area contributed by atoms with Gasteiger partial charge in [0.25, 0.3) is 0 Å². The van der Waals surface area contributed by atoms with E-state index in [1.165, 1.54) is 4.31 Å². The molecule has 9 heteroatoms. The van der Waals surface area contributed by atoms with Crippen LogP contribution in [0.3, 0.4) is 0 Å². The fourth-order valence-electron chi connectivity index (χ4n) is 3.04. The molecule has 0 spiro atoms. The largest absolute Gasteiger partial charge is 0.497 e. The van der Waals surface area contributed by atoms with Gasteiger partial charge in [0.2, 0.25) is 10.0 Å². The van der Waals surface area contributed by atoms with Crippen LogP contribution < -0.4 is 9.64 Å². The summed E-state index contributed by atoms with van der Waals surface area (Å²) >= 11 is 5.11. The predicted octanol–water partition coefficient (Wildman–Crippen LogP) is 3.58. The van der Waals surface area contributed by atoms with Gasteiger partial charge in [-0.25, -0.2) is 13.4 Å². The first-order chi connectivity index (χ1) is 13.0. The van der Waals surface area contributed by atoms with Gasteiger partial charge in [-0.05, 0) is 42.5 Å². The van der Waals surface area contributed by atoms with Crippen LogP contribution in [0.25, 0.3) is 10.2 Å². The Morgan fingerprint density at radius 2 is 1.78 bits per heavy atom. The van der Waals surface area contributed by atoms with Gasteiger partial charge in [-0.2, -0.15) is 4.31 Å². The number of hydrogen-bond donors (Lipinski definition) is 0. The number of piperazine rings is 1. The quantitative estimate of drug-likeness (QED) is 0.586. The van der Waals surface area contributed by atoms with Crippen LogP contribution in [0, 0.1) is 0 Å². The molecule has 2 heterocycles. The molecule has 1 fully saturated rings. The lowest BCUT2D eigenvalue weighted by molar-refractivity contribution is 0.384. The number of aromatic nitrogens is 1. The van der Waals surface area contributed by atoms with Crippen LogP contribution in [-0.4, -0.2) is 51.0 Å². The highest BCUT2D eigenvalue weighted by Gasteiger charge is 2.29. The van der Waals surface area contributed by atoms with Crippen molar-refractivity contribution in [1.82, 2.24) is 9.29 Å². The summed E-state index contributed by atoms with van der Waals surface area (Å²) in [5, 5.41) is 0.935. The Labute approximate surface area is 170 Å². The zero-order chi connectivity index (χ0) is 19.0. The van der Waals surface area contributed by atoms with Gasteiger partial charge in [-0.15, -0.1) is 0 Å². The molecule has 0 aliphatic carbocycles. The number of methoxy groups -OCH3 is 1. The van der Waals surface area contributed by atoms with Gasteiger partial charge >= 0.3 is 0 Å². The summed E-state index contributed by atoms with van der Waals surface area (Å²) in [5.74, 6) is 0.640. The van der Waals surface area contributed by atoms with Crippen LogP contribution in [-0.2, 0) is 10.0 Å². The van der Waals surface area contributed by atoms with E-state index >= 15 is 0 Å². The van der Waals surface area contributed by atoms with Gasteiger partial charge in [-0.1, -0.05) is 27.3 Å². The Bertz CT molecular complexity index is 1060. The minimum Gasteiger partial charge on any atom is -0.497 e. The van der Waals surface area contributed by atoms with Crippen LogP contribution in [0.5, 0.6) is 5.75 Å². The van der Waals surface area contributed by atoms with Crippen LogP contribution in [0.4, 0.5) is 5.13 Å². The van der Waals surface area contributed by atoms with Gasteiger partial charge in [0.15, 0.2) is 5.13 Å². The minimum atomic E-state index is -3.49. The van der Waals surface area contributed by atoms with Crippen molar-refractivity contribution in [3.05, 3.63) is 46.9 Å². The van der Waals surface area contributed by atoms with Gasteiger partial charge in [-0.3, -0.25) is 0 Å². The molecule has 3 aromatic rings. The number of sulfonamides is 1.